The maximum Gasteiger partial charge on any atom is 0.249 e. The average molecular weight is 356 g/mol. The molecule has 2 N–H and O–H groups in total. The summed E-state index contributed by atoms with van der Waals surface area (Å²) < 4.78 is 5.63. The van der Waals surface area contributed by atoms with E-state index in [9.17, 15) is 0 Å². The van der Waals surface area contributed by atoms with E-state index in [1.807, 2.05) is 50.2 Å². The van der Waals surface area contributed by atoms with Crippen LogP contribution in [0, 0.1) is 0 Å². The summed E-state index contributed by atoms with van der Waals surface area (Å²) in [5, 5.41) is 14.8. The van der Waals surface area contributed by atoms with E-state index in [-0.39, 0.29) is 6.10 Å². The molecule has 0 aliphatic rings. The summed E-state index contributed by atoms with van der Waals surface area (Å²) in [6.07, 6.45) is 1.70. The maximum atomic E-state index is 5.97. The molecule has 0 aliphatic heterocycles. The highest BCUT2D eigenvalue weighted by Crippen LogP contribution is 2.21. The number of rotatable bonds is 6. The molecule has 0 atom stereocenters. The third kappa shape index (κ3) is 5.06. The van der Waals surface area contributed by atoms with Gasteiger partial charge >= 0.3 is 0 Å². The molecule has 0 amide bonds. The van der Waals surface area contributed by atoms with E-state index < -0.39 is 0 Å². The molecule has 2 aromatic carbocycles. The van der Waals surface area contributed by atoms with Gasteiger partial charge in [0.25, 0.3) is 0 Å². The number of nitrogens with one attached hydrogen (secondary N) is 2. The fraction of sp³-hybridized carbons (Fsp3) is 0.167. The predicted molar refractivity (Wildman–Crippen MR) is 100 cm³/mol. The summed E-state index contributed by atoms with van der Waals surface area (Å²) in [5.74, 6) is 1.79. The minimum Gasteiger partial charge on any atom is -0.491 e. The highest BCUT2D eigenvalue weighted by atomic mass is 35.5. The van der Waals surface area contributed by atoms with Gasteiger partial charge in [0.05, 0.1) is 12.3 Å². The van der Waals surface area contributed by atoms with Crippen molar-refractivity contribution in [1.29, 1.82) is 0 Å². The van der Waals surface area contributed by atoms with Crippen molar-refractivity contribution in [3.63, 3.8) is 0 Å². The molecule has 7 heteroatoms. The Kier molecular flexibility index (Phi) is 5.30. The van der Waals surface area contributed by atoms with Gasteiger partial charge in [-0.1, -0.05) is 17.7 Å². The van der Waals surface area contributed by atoms with Crippen molar-refractivity contribution < 1.29 is 4.74 Å². The number of aromatic nitrogens is 3. The number of nitrogens with zero attached hydrogens (tertiary/aromatic N) is 3. The Balaban J connectivity index is 1.69. The van der Waals surface area contributed by atoms with Crippen molar-refractivity contribution in [2.45, 2.75) is 20.0 Å². The van der Waals surface area contributed by atoms with Gasteiger partial charge in [-0.2, -0.15) is 10.1 Å². The molecule has 0 bridgehead atoms. The van der Waals surface area contributed by atoms with Gasteiger partial charge in [0.15, 0.2) is 5.82 Å². The van der Waals surface area contributed by atoms with Gasteiger partial charge in [0.1, 0.15) is 5.75 Å². The smallest absolute Gasteiger partial charge is 0.249 e. The van der Waals surface area contributed by atoms with Gasteiger partial charge in [-0.25, -0.2) is 0 Å². The van der Waals surface area contributed by atoms with Crippen LogP contribution < -0.4 is 15.4 Å². The minimum atomic E-state index is 0.144. The van der Waals surface area contributed by atoms with Crippen molar-refractivity contribution in [3.8, 4) is 5.75 Å². The largest absolute Gasteiger partial charge is 0.491 e. The predicted octanol–water partition coefficient (Wildman–Crippen LogP) is 4.80. The molecule has 1 heterocycles. The van der Waals surface area contributed by atoms with E-state index in [4.69, 9.17) is 16.3 Å². The van der Waals surface area contributed by atoms with Crippen LogP contribution in [0.3, 0.4) is 0 Å². The zero-order valence-corrected chi connectivity index (χ0v) is 14.7. The molecule has 0 fully saturated rings. The molecular formula is C18H18ClN5O. The number of hydrogen-bond donors (Lipinski definition) is 2. The van der Waals surface area contributed by atoms with Gasteiger partial charge in [0, 0.05) is 16.4 Å². The summed E-state index contributed by atoms with van der Waals surface area (Å²) >= 11 is 5.97. The summed E-state index contributed by atoms with van der Waals surface area (Å²) in [7, 11) is 0. The topological polar surface area (TPSA) is 72.0 Å². The molecule has 1 aromatic heterocycles. The Morgan fingerprint density at radius 1 is 1.00 bits per heavy atom. The second-order valence-electron chi connectivity index (χ2n) is 5.62. The Morgan fingerprint density at radius 3 is 2.52 bits per heavy atom. The molecule has 0 saturated carbocycles. The maximum absolute atomic E-state index is 5.97. The fourth-order valence-electron chi connectivity index (χ4n) is 2.15. The minimum absolute atomic E-state index is 0.144. The lowest BCUT2D eigenvalue weighted by Gasteiger charge is -2.11. The molecule has 0 aliphatic carbocycles. The molecule has 0 radical (unpaired) electrons. The SMILES string of the molecule is CC(C)Oc1ccc(Nc2cnnc(Nc3cccc(Cl)c3)n2)cc1. The van der Waals surface area contributed by atoms with Gasteiger partial charge in [0.2, 0.25) is 5.95 Å². The first-order chi connectivity index (χ1) is 12.1. The van der Waals surface area contributed by atoms with Crippen LogP contribution >= 0.6 is 11.6 Å². The normalized spacial score (nSPS) is 10.6. The van der Waals surface area contributed by atoms with Crippen LogP contribution in [0.4, 0.5) is 23.1 Å². The van der Waals surface area contributed by atoms with Crippen LogP contribution in [-0.2, 0) is 0 Å². The van der Waals surface area contributed by atoms with Crippen LogP contribution in [0.5, 0.6) is 5.75 Å². The number of anilines is 4. The Bertz CT molecular complexity index is 839. The van der Waals surface area contributed by atoms with E-state index in [1.54, 1.807) is 18.3 Å². The van der Waals surface area contributed by atoms with Crippen LogP contribution in [0.2, 0.25) is 5.02 Å². The lowest BCUT2D eigenvalue weighted by Crippen LogP contribution is -2.05. The second-order valence-corrected chi connectivity index (χ2v) is 6.05. The van der Waals surface area contributed by atoms with Crippen LogP contribution in [0.1, 0.15) is 13.8 Å². The first kappa shape index (κ1) is 17.0. The van der Waals surface area contributed by atoms with Gasteiger partial charge < -0.3 is 15.4 Å². The van der Waals surface area contributed by atoms with Crippen molar-refractivity contribution in [2.75, 3.05) is 10.6 Å². The lowest BCUT2D eigenvalue weighted by atomic mass is 10.3. The average Bonchev–Trinajstić information content (AvgIpc) is 2.57. The molecule has 0 saturated heterocycles. The fourth-order valence-corrected chi connectivity index (χ4v) is 2.34. The van der Waals surface area contributed by atoms with E-state index in [0.717, 1.165) is 17.1 Å². The molecular weight excluding hydrogens is 338 g/mol. The van der Waals surface area contributed by atoms with E-state index in [2.05, 4.69) is 25.8 Å². The third-order valence-electron chi connectivity index (χ3n) is 3.14. The summed E-state index contributed by atoms with van der Waals surface area (Å²) in [4.78, 5) is 4.39. The molecule has 6 nitrogen and oxygen atoms in total. The highest BCUT2D eigenvalue weighted by molar-refractivity contribution is 6.30. The summed E-state index contributed by atoms with van der Waals surface area (Å²) in [5.41, 5.74) is 1.67. The van der Waals surface area contributed by atoms with Crippen molar-refractivity contribution in [1.82, 2.24) is 15.2 Å². The molecule has 3 rings (SSSR count). The number of hydrogen-bond acceptors (Lipinski definition) is 6. The zero-order chi connectivity index (χ0) is 17.6. The Labute approximate surface area is 151 Å². The van der Waals surface area contributed by atoms with E-state index in [1.165, 1.54) is 0 Å². The highest BCUT2D eigenvalue weighted by Gasteiger charge is 2.03. The second kappa shape index (κ2) is 7.81. The number of halogens is 1. The quantitative estimate of drug-likeness (QED) is 0.661. The van der Waals surface area contributed by atoms with Crippen LogP contribution in [0.25, 0.3) is 0 Å². The molecule has 3 aromatic rings. The molecule has 25 heavy (non-hydrogen) atoms. The molecule has 0 unspecified atom stereocenters. The number of ether oxygens (including phenoxy) is 1. The van der Waals surface area contributed by atoms with E-state index >= 15 is 0 Å². The lowest BCUT2D eigenvalue weighted by molar-refractivity contribution is 0.242. The van der Waals surface area contributed by atoms with E-state index in [0.29, 0.717) is 16.8 Å². The standard InChI is InChI=1S/C18H18ClN5O/c1-12(2)25-16-8-6-14(7-9-16)21-17-11-20-24-18(23-17)22-15-5-3-4-13(19)10-15/h3-12H,1-2H3,(H2,21,22,23,24). The van der Waals surface area contributed by atoms with Gasteiger partial charge in [-0.05, 0) is 56.3 Å². The third-order valence-corrected chi connectivity index (χ3v) is 3.37. The van der Waals surface area contributed by atoms with Crippen molar-refractivity contribution in [3.05, 3.63) is 59.8 Å². The Morgan fingerprint density at radius 2 is 1.80 bits per heavy atom. The first-order valence-corrected chi connectivity index (χ1v) is 8.22. The monoisotopic (exact) mass is 355 g/mol. The summed E-state index contributed by atoms with van der Waals surface area (Å²) in [6, 6.07) is 15.0. The summed E-state index contributed by atoms with van der Waals surface area (Å²) in [6.45, 7) is 3.99. The van der Waals surface area contributed by atoms with Gasteiger partial charge in [-0.3, -0.25) is 0 Å². The van der Waals surface area contributed by atoms with Crippen molar-refractivity contribution in [2.24, 2.45) is 0 Å². The van der Waals surface area contributed by atoms with Crippen molar-refractivity contribution >= 4 is 34.7 Å². The molecule has 128 valence electrons. The van der Waals surface area contributed by atoms with Crippen LogP contribution in [-0.4, -0.2) is 21.3 Å². The first-order valence-electron chi connectivity index (χ1n) is 7.84. The molecule has 0 spiro atoms. The van der Waals surface area contributed by atoms with Crippen LogP contribution in [0.15, 0.2) is 54.7 Å². The zero-order valence-electron chi connectivity index (χ0n) is 13.9. The van der Waals surface area contributed by atoms with Gasteiger partial charge in [-0.15, -0.1) is 5.10 Å². The Hall–Kier alpha value is -2.86. The number of benzene rings is 2.